The van der Waals surface area contributed by atoms with Crippen LogP contribution < -0.4 is 15.4 Å². The van der Waals surface area contributed by atoms with Gasteiger partial charge in [-0.3, -0.25) is 14.9 Å². The molecule has 7 heteroatoms. The average Bonchev–Trinajstić information content (AvgIpc) is 3.28. The standard InChI is InChI=1S/C14H19N3O4/c1-2-21-13-9-11(5-6-12(13)17(19)20)15-7-8-16-14(18)10-3-4-10/h5-6,9-10,15H,2-4,7-8H2,1H3,(H,16,18). The van der Waals surface area contributed by atoms with Crippen molar-refractivity contribution >= 4 is 17.3 Å². The molecule has 1 aliphatic carbocycles. The van der Waals surface area contributed by atoms with Crippen LogP contribution in [0.3, 0.4) is 0 Å². The molecular formula is C14H19N3O4. The van der Waals surface area contributed by atoms with Crippen LogP contribution in [-0.4, -0.2) is 30.5 Å². The van der Waals surface area contributed by atoms with Gasteiger partial charge in [0.2, 0.25) is 5.91 Å². The summed E-state index contributed by atoms with van der Waals surface area (Å²) in [5.41, 5.74) is 0.675. The van der Waals surface area contributed by atoms with Crippen molar-refractivity contribution in [1.82, 2.24) is 5.32 Å². The monoisotopic (exact) mass is 293 g/mol. The number of amides is 1. The van der Waals surface area contributed by atoms with E-state index in [9.17, 15) is 14.9 Å². The van der Waals surface area contributed by atoms with Crippen molar-refractivity contribution in [3.8, 4) is 5.75 Å². The fraction of sp³-hybridized carbons (Fsp3) is 0.500. The molecule has 0 bridgehead atoms. The van der Waals surface area contributed by atoms with E-state index in [1.807, 2.05) is 0 Å². The highest BCUT2D eigenvalue weighted by molar-refractivity contribution is 5.80. The highest BCUT2D eigenvalue weighted by atomic mass is 16.6. The molecule has 0 aromatic heterocycles. The summed E-state index contributed by atoms with van der Waals surface area (Å²) in [6.07, 6.45) is 1.97. The lowest BCUT2D eigenvalue weighted by molar-refractivity contribution is -0.385. The number of hydrogen-bond donors (Lipinski definition) is 2. The number of nitrogens with one attached hydrogen (secondary N) is 2. The first-order chi connectivity index (χ1) is 10.1. The predicted octanol–water partition coefficient (Wildman–Crippen LogP) is 1.93. The Bertz CT molecular complexity index is 529. The summed E-state index contributed by atoms with van der Waals surface area (Å²) in [4.78, 5) is 21.8. The van der Waals surface area contributed by atoms with E-state index in [0.29, 0.717) is 19.7 Å². The van der Waals surface area contributed by atoms with Gasteiger partial charge in [0, 0.05) is 36.8 Å². The van der Waals surface area contributed by atoms with Gasteiger partial charge in [-0.25, -0.2) is 0 Å². The van der Waals surface area contributed by atoms with Gasteiger partial charge in [-0.05, 0) is 25.8 Å². The molecule has 2 N–H and O–H groups in total. The van der Waals surface area contributed by atoms with E-state index in [1.165, 1.54) is 6.07 Å². The second-order valence-electron chi connectivity index (χ2n) is 4.86. The molecule has 1 amide bonds. The number of hydrogen-bond acceptors (Lipinski definition) is 5. The van der Waals surface area contributed by atoms with Crippen LogP contribution in [0.1, 0.15) is 19.8 Å². The van der Waals surface area contributed by atoms with Crippen LogP contribution in [0.15, 0.2) is 18.2 Å². The highest BCUT2D eigenvalue weighted by Crippen LogP contribution is 2.30. The summed E-state index contributed by atoms with van der Waals surface area (Å²) in [5, 5.41) is 16.8. The third kappa shape index (κ3) is 4.34. The summed E-state index contributed by atoms with van der Waals surface area (Å²) in [6, 6.07) is 4.64. The van der Waals surface area contributed by atoms with E-state index in [1.54, 1.807) is 19.1 Å². The minimum atomic E-state index is -0.468. The molecule has 114 valence electrons. The summed E-state index contributed by atoms with van der Waals surface area (Å²) in [5.74, 6) is 0.555. The number of ether oxygens (including phenoxy) is 1. The maximum absolute atomic E-state index is 11.4. The van der Waals surface area contributed by atoms with E-state index >= 15 is 0 Å². The summed E-state index contributed by atoms with van der Waals surface area (Å²) in [6.45, 7) is 3.22. The largest absolute Gasteiger partial charge is 0.487 e. The zero-order valence-electron chi connectivity index (χ0n) is 11.9. The minimum Gasteiger partial charge on any atom is -0.487 e. The maximum atomic E-state index is 11.4. The molecule has 0 heterocycles. The number of benzene rings is 1. The first-order valence-corrected chi connectivity index (χ1v) is 7.04. The molecule has 1 fully saturated rings. The molecule has 21 heavy (non-hydrogen) atoms. The van der Waals surface area contributed by atoms with Crippen LogP contribution in [0.5, 0.6) is 5.75 Å². The Hall–Kier alpha value is -2.31. The second-order valence-corrected chi connectivity index (χ2v) is 4.86. The molecule has 0 unspecified atom stereocenters. The first kappa shape index (κ1) is 15.1. The van der Waals surface area contributed by atoms with Crippen molar-refractivity contribution in [3.63, 3.8) is 0 Å². The number of rotatable bonds is 8. The van der Waals surface area contributed by atoms with Crippen LogP contribution in [0.25, 0.3) is 0 Å². The van der Waals surface area contributed by atoms with Crippen molar-refractivity contribution in [2.45, 2.75) is 19.8 Å². The van der Waals surface area contributed by atoms with Crippen molar-refractivity contribution in [3.05, 3.63) is 28.3 Å². The Morgan fingerprint density at radius 2 is 2.19 bits per heavy atom. The van der Waals surface area contributed by atoms with Gasteiger partial charge in [0.25, 0.3) is 0 Å². The molecule has 1 saturated carbocycles. The third-order valence-corrected chi connectivity index (χ3v) is 3.16. The number of nitro benzene ring substituents is 1. The third-order valence-electron chi connectivity index (χ3n) is 3.16. The fourth-order valence-corrected chi connectivity index (χ4v) is 1.93. The zero-order valence-corrected chi connectivity index (χ0v) is 11.9. The topological polar surface area (TPSA) is 93.5 Å². The molecule has 7 nitrogen and oxygen atoms in total. The maximum Gasteiger partial charge on any atom is 0.311 e. The van der Waals surface area contributed by atoms with E-state index < -0.39 is 4.92 Å². The molecule has 0 saturated heterocycles. The number of carbonyl (C=O) groups excluding carboxylic acids is 1. The predicted molar refractivity (Wildman–Crippen MR) is 78.5 cm³/mol. The van der Waals surface area contributed by atoms with Crippen LogP contribution in [-0.2, 0) is 4.79 Å². The molecule has 0 aliphatic heterocycles. The van der Waals surface area contributed by atoms with E-state index in [2.05, 4.69) is 10.6 Å². The summed E-state index contributed by atoms with van der Waals surface area (Å²) >= 11 is 0. The lowest BCUT2D eigenvalue weighted by Gasteiger charge is -2.10. The van der Waals surface area contributed by atoms with Gasteiger partial charge in [0.05, 0.1) is 11.5 Å². The van der Waals surface area contributed by atoms with Crippen molar-refractivity contribution in [2.24, 2.45) is 5.92 Å². The Labute approximate surface area is 122 Å². The first-order valence-electron chi connectivity index (χ1n) is 7.04. The van der Waals surface area contributed by atoms with Gasteiger partial charge in [-0.15, -0.1) is 0 Å². The van der Waals surface area contributed by atoms with Gasteiger partial charge in [0.15, 0.2) is 5.75 Å². The van der Waals surface area contributed by atoms with Gasteiger partial charge in [0.1, 0.15) is 0 Å². The van der Waals surface area contributed by atoms with Gasteiger partial charge < -0.3 is 15.4 Å². The van der Waals surface area contributed by atoms with Crippen molar-refractivity contribution in [1.29, 1.82) is 0 Å². The minimum absolute atomic E-state index is 0.0514. The molecule has 1 aromatic carbocycles. The number of carbonyl (C=O) groups is 1. The second kappa shape index (κ2) is 6.92. The van der Waals surface area contributed by atoms with E-state index in [4.69, 9.17) is 4.74 Å². The van der Waals surface area contributed by atoms with Crippen molar-refractivity contribution < 1.29 is 14.5 Å². The molecule has 1 aromatic rings. The normalized spacial score (nSPS) is 13.6. The molecular weight excluding hydrogens is 274 g/mol. The smallest absolute Gasteiger partial charge is 0.311 e. The number of nitro groups is 1. The van der Waals surface area contributed by atoms with Crippen LogP contribution >= 0.6 is 0 Å². The fourth-order valence-electron chi connectivity index (χ4n) is 1.93. The Kier molecular flexibility index (Phi) is 4.97. The van der Waals surface area contributed by atoms with Gasteiger partial charge in [-0.2, -0.15) is 0 Å². The molecule has 2 rings (SSSR count). The molecule has 0 spiro atoms. The number of anilines is 1. The number of nitrogens with zero attached hydrogens (tertiary/aromatic N) is 1. The molecule has 1 aliphatic rings. The summed E-state index contributed by atoms with van der Waals surface area (Å²) in [7, 11) is 0. The Balaban J connectivity index is 1.85. The van der Waals surface area contributed by atoms with E-state index in [0.717, 1.165) is 18.5 Å². The molecule has 0 atom stereocenters. The van der Waals surface area contributed by atoms with Gasteiger partial charge in [-0.1, -0.05) is 0 Å². The molecule has 0 radical (unpaired) electrons. The SMILES string of the molecule is CCOc1cc(NCCNC(=O)C2CC2)ccc1[N+](=O)[O-]. The van der Waals surface area contributed by atoms with Crippen LogP contribution in [0.2, 0.25) is 0 Å². The quantitative estimate of drug-likeness (QED) is 0.434. The Morgan fingerprint density at radius 1 is 1.43 bits per heavy atom. The summed E-state index contributed by atoms with van der Waals surface area (Å²) < 4.78 is 5.27. The van der Waals surface area contributed by atoms with E-state index in [-0.39, 0.29) is 23.3 Å². The highest BCUT2D eigenvalue weighted by Gasteiger charge is 2.28. The lowest BCUT2D eigenvalue weighted by atomic mass is 10.2. The Morgan fingerprint density at radius 3 is 2.81 bits per heavy atom. The van der Waals surface area contributed by atoms with Crippen LogP contribution in [0.4, 0.5) is 11.4 Å². The zero-order chi connectivity index (χ0) is 15.2. The van der Waals surface area contributed by atoms with Crippen molar-refractivity contribution in [2.75, 3.05) is 25.0 Å². The lowest BCUT2D eigenvalue weighted by Crippen LogP contribution is -2.29. The van der Waals surface area contributed by atoms with Crippen LogP contribution in [0, 0.1) is 16.0 Å². The van der Waals surface area contributed by atoms with Gasteiger partial charge >= 0.3 is 5.69 Å². The average molecular weight is 293 g/mol.